The van der Waals surface area contributed by atoms with Crippen LogP contribution in [0.5, 0.6) is 0 Å². The van der Waals surface area contributed by atoms with Gasteiger partial charge >= 0.3 is 0 Å². The minimum absolute atomic E-state index is 0.699. The predicted molar refractivity (Wildman–Crippen MR) is 38.7 cm³/mol. The SMILES string of the molecule is ON=Cc1ccc(Cl)s1. The number of halogens is 1. The van der Waals surface area contributed by atoms with Gasteiger partial charge in [0.05, 0.1) is 15.4 Å². The van der Waals surface area contributed by atoms with Crippen LogP contribution in [0.15, 0.2) is 17.3 Å². The van der Waals surface area contributed by atoms with Crippen LogP contribution in [0.3, 0.4) is 0 Å². The molecule has 0 aromatic carbocycles. The van der Waals surface area contributed by atoms with Gasteiger partial charge in [0.15, 0.2) is 0 Å². The molecule has 1 heterocycles. The molecule has 9 heavy (non-hydrogen) atoms. The maximum Gasteiger partial charge on any atom is 0.0935 e. The maximum atomic E-state index is 8.06. The highest BCUT2D eigenvalue weighted by Gasteiger charge is 1.91. The first-order valence-corrected chi connectivity index (χ1v) is 3.45. The molecular formula is C5H4ClNOS. The topological polar surface area (TPSA) is 32.6 Å². The molecule has 2 nitrogen and oxygen atoms in total. The Morgan fingerprint density at radius 3 is 2.89 bits per heavy atom. The van der Waals surface area contributed by atoms with Crippen LogP contribution in [-0.4, -0.2) is 11.4 Å². The van der Waals surface area contributed by atoms with Crippen molar-refractivity contribution in [2.75, 3.05) is 0 Å². The van der Waals surface area contributed by atoms with Crippen LogP contribution in [0, 0.1) is 0 Å². The van der Waals surface area contributed by atoms with Gasteiger partial charge in [-0.3, -0.25) is 0 Å². The van der Waals surface area contributed by atoms with Gasteiger partial charge < -0.3 is 5.21 Å². The molecule has 0 aliphatic heterocycles. The molecule has 0 aliphatic carbocycles. The van der Waals surface area contributed by atoms with E-state index in [0.29, 0.717) is 4.34 Å². The molecule has 0 amide bonds. The summed E-state index contributed by atoms with van der Waals surface area (Å²) in [6.07, 6.45) is 1.34. The van der Waals surface area contributed by atoms with E-state index in [-0.39, 0.29) is 0 Å². The lowest BCUT2D eigenvalue weighted by Crippen LogP contribution is -1.67. The van der Waals surface area contributed by atoms with Crippen molar-refractivity contribution >= 4 is 29.2 Å². The smallest absolute Gasteiger partial charge is 0.0935 e. The molecule has 0 spiro atoms. The lowest BCUT2D eigenvalue weighted by atomic mass is 10.5. The third kappa shape index (κ3) is 1.69. The third-order valence-corrected chi connectivity index (χ3v) is 1.94. The van der Waals surface area contributed by atoms with Crippen molar-refractivity contribution in [1.82, 2.24) is 0 Å². The van der Waals surface area contributed by atoms with Crippen LogP contribution in [-0.2, 0) is 0 Å². The molecule has 0 radical (unpaired) electrons. The molecule has 0 saturated heterocycles. The van der Waals surface area contributed by atoms with Gasteiger partial charge in [-0.1, -0.05) is 16.8 Å². The molecule has 1 aromatic rings. The van der Waals surface area contributed by atoms with E-state index in [9.17, 15) is 0 Å². The van der Waals surface area contributed by atoms with E-state index in [2.05, 4.69) is 5.16 Å². The van der Waals surface area contributed by atoms with Gasteiger partial charge in [0.1, 0.15) is 0 Å². The highest BCUT2D eigenvalue weighted by molar-refractivity contribution is 7.17. The van der Waals surface area contributed by atoms with Gasteiger partial charge in [-0.2, -0.15) is 0 Å². The number of thiophene rings is 1. The van der Waals surface area contributed by atoms with Gasteiger partial charge in [-0.05, 0) is 12.1 Å². The Hall–Kier alpha value is -0.540. The van der Waals surface area contributed by atoms with E-state index >= 15 is 0 Å². The fraction of sp³-hybridized carbons (Fsp3) is 0. The van der Waals surface area contributed by atoms with Crippen LogP contribution >= 0.6 is 22.9 Å². The summed E-state index contributed by atoms with van der Waals surface area (Å²) < 4.78 is 0.699. The Morgan fingerprint density at radius 1 is 1.67 bits per heavy atom. The Balaban J connectivity index is 2.85. The number of nitrogens with zero attached hydrogens (tertiary/aromatic N) is 1. The molecule has 4 heteroatoms. The average Bonchev–Trinajstić information content (AvgIpc) is 2.17. The first kappa shape index (κ1) is 6.58. The standard InChI is InChI=1S/C5H4ClNOS/c6-5-2-1-4(9-5)3-7-8/h1-3,8H. The summed E-state index contributed by atoms with van der Waals surface area (Å²) in [7, 11) is 0. The zero-order chi connectivity index (χ0) is 6.69. The van der Waals surface area contributed by atoms with E-state index in [1.807, 2.05) is 0 Å². The molecule has 0 bridgehead atoms. The van der Waals surface area contributed by atoms with Crippen molar-refractivity contribution < 1.29 is 5.21 Å². The summed E-state index contributed by atoms with van der Waals surface area (Å²) in [5, 5.41) is 10.9. The molecule has 0 aliphatic rings. The summed E-state index contributed by atoms with van der Waals surface area (Å²) in [6.45, 7) is 0. The van der Waals surface area contributed by atoms with Crippen LogP contribution in [0.25, 0.3) is 0 Å². The fourth-order valence-electron chi connectivity index (χ4n) is 0.455. The number of oxime groups is 1. The van der Waals surface area contributed by atoms with E-state index in [0.717, 1.165) is 4.88 Å². The lowest BCUT2D eigenvalue weighted by molar-refractivity contribution is 0.322. The largest absolute Gasteiger partial charge is 0.411 e. The summed E-state index contributed by atoms with van der Waals surface area (Å²) >= 11 is 6.94. The quantitative estimate of drug-likeness (QED) is 0.382. The molecule has 1 rings (SSSR count). The molecule has 0 unspecified atom stereocenters. The number of hydrogen-bond acceptors (Lipinski definition) is 3. The van der Waals surface area contributed by atoms with Gasteiger partial charge in [-0.25, -0.2) is 0 Å². The average molecular weight is 162 g/mol. The normalized spacial score (nSPS) is 10.8. The number of hydrogen-bond donors (Lipinski definition) is 1. The van der Waals surface area contributed by atoms with Crippen molar-refractivity contribution in [3.8, 4) is 0 Å². The van der Waals surface area contributed by atoms with Crippen LogP contribution in [0.4, 0.5) is 0 Å². The second-order valence-corrected chi connectivity index (χ2v) is 3.13. The minimum atomic E-state index is 0.699. The van der Waals surface area contributed by atoms with E-state index in [1.54, 1.807) is 12.1 Å². The molecule has 0 fully saturated rings. The highest BCUT2D eigenvalue weighted by Crippen LogP contribution is 2.19. The van der Waals surface area contributed by atoms with E-state index < -0.39 is 0 Å². The van der Waals surface area contributed by atoms with Gasteiger partial charge in [0.25, 0.3) is 0 Å². The summed E-state index contributed by atoms with van der Waals surface area (Å²) in [5.74, 6) is 0. The lowest BCUT2D eigenvalue weighted by Gasteiger charge is -1.74. The monoisotopic (exact) mass is 161 g/mol. The van der Waals surface area contributed by atoms with Crippen molar-refractivity contribution in [2.45, 2.75) is 0 Å². The van der Waals surface area contributed by atoms with Crippen LogP contribution in [0.2, 0.25) is 4.34 Å². The van der Waals surface area contributed by atoms with Crippen molar-refractivity contribution in [1.29, 1.82) is 0 Å². The highest BCUT2D eigenvalue weighted by atomic mass is 35.5. The van der Waals surface area contributed by atoms with Crippen molar-refractivity contribution in [2.24, 2.45) is 5.16 Å². The van der Waals surface area contributed by atoms with E-state index in [4.69, 9.17) is 16.8 Å². The second kappa shape index (κ2) is 2.85. The second-order valence-electron chi connectivity index (χ2n) is 1.39. The molecule has 1 aromatic heterocycles. The molecule has 0 atom stereocenters. The van der Waals surface area contributed by atoms with Crippen LogP contribution in [0.1, 0.15) is 4.88 Å². The molecule has 1 N–H and O–H groups in total. The molecule has 48 valence electrons. The maximum absolute atomic E-state index is 8.06. The fourth-order valence-corrected chi connectivity index (χ4v) is 1.38. The van der Waals surface area contributed by atoms with Crippen molar-refractivity contribution in [3.05, 3.63) is 21.3 Å². The zero-order valence-corrected chi connectivity index (χ0v) is 5.99. The number of rotatable bonds is 1. The molecular weight excluding hydrogens is 158 g/mol. The first-order chi connectivity index (χ1) is 4.33. The Bertz CT molecular complexity index is 220. The first-order valence-electron chi connectivity index (χ1n) is 2.25. The summed E-state index contributed by atoms with van der Waals surface area (Å²) in [6, 6.07) is 3.54. The Morgan fingerprint density at radius 2 is 2.44 bits per heavy atom. The summed E-state index contributed by atoms with van der Waals surface area (Å²) in [5.41, 5.74) is 0. The Kier molecular flexibility index (Phi) is 2.08. The summed E-state index contributed by atoms with van der Waals surface area (Å²) in [4.78, 5) is 0.850. The van der Waals surface area contributed by atoms with Gasteiger partial charge in [-0.15, -0.1) is 11.3 Å². The van der Waals surface area contributed by atoms with Crippen molar-refractivity contribution in [3.63, 3.8) is 0 Å². The van der Waals surface area contributed by atoms with Gasteiger partial charge in [0, 0.05) is 0 Å². The third-order valence-electron chi connectivity index (χ3n) is 0.779. The van der Waals surface area contributed by atoms with Crippen LogP contribution < -0.4 is 0 Å². The Labute approximate surface area is 61.4 Å². The zero-order valence-electron chi connectivity index (χ0n) is 4.41. The van der Waals surface area contributed by atoms with E-state index in [1.165, 1.54) is 17.6 Å². The van der Waals surface area contributed by atoms with Gasteiger partial charge in [0.2, 0.25) is 0 Å². The minimum Gasteiger partial charge on any atom is -0.411 e. The predicted octanol–water partition coefficient (Wildman–Crippen LogP) is 2.21. The molecule has 0 saturated carbocycles.